The van der Waals surface area contributed by atoms with Crippen LogP contribution in [0.3, 0.4) is 0 Å². The van der Waals surface area contributed by atoms with Gasteiger partial charge in [-0.25, -0.2) is 26.2 Å². The van der Waals surface area contributed by atoms with Crippen LogP contribution in [0.2, 0.25) is 0 Å². The number of nitrogens with zero attached hydrogens (tertiary/aromatic N) is 3. The maximum atomic E-state index is 13.5. The van der Waals surface area contributed by atoms with Gasteiger partial charge in [0.1, 0.15) is 36.3 Å². The molecular formula is C29H48N16O8. The highest BCUT2D eigenvalue weighted by Gasteiger charge is 2.49. The lowest BCUT2D eigenvalue weighted by molar-refractivity contribution is -0.152. The van der Waals surface area contributed by atoms with Crippen molar-refractivity contribution in [1.82, 2.24) is 57.0 Å². The zero-order chi connectivity index (χ0) is 40.2. The van der Waals surface area contributed by atoms with Crippen molar-refractivity contribution in [3.63, 3.8) is 0 Å². The summed E-state index contributed by atoms with van der Waals surface area (Å²) in [4.78, 5) is 116. The normalized spacial score (nSPS) is 16.2. The maximum Gasteiger partial charge on any atom is 0.261 e. The van der Waals surface area contributed by atoms with Crippen LogP contribution in [-0.2, 0) is 51.2 Å². The Balaban J connectivity index is 2.09. The number of nitrogens with two attached hydrogens (primary N) is 5. The second-order valence-electron chi connectivity index (χ2n) is 12.2. The van der Waals surface area contributed by atoms with Gasteiger partial charge < -0.3 is 48.0 Å². The molecule has 1 unspecified atom stereocenters. The molecule has 0 fully saturated rings. The van der Waals surface area contributed by atoms with E-state index >= 15 is 0 Å². The third-order valence-corrected chi connectivity index (χ3v) is 8.05. The van der Waals surface area contributed by atoms with Gasteiger partial charge in [0.2, 0.25) is 35.2 Å². The Labute approximate surface area is 303 Å². The van der Waals surface area contributed by atoms with E-state index in [9.17, 15) is 38.4 Å². The molecule has 292 valence electrons. The molecule has 24 heteroatoms. The van der Waals surface area contributed by atoms with Gasteiger partial charge >= 0.3 is 0 Å². The zero-order valence-corrected chi connectivity index (χ0v) is 29.8. The summed E-state index contributed by atoms with van der Waals surface area (Å²) in [7, 11) is 0. The first kappa shape index (κ1) is 43.3. The Morgan fingerprint density at radius 2 is 1.11 bits per heavy atom. The molecule has 2 aromatic heterocycles. The van der Waals surface area contributed by atoms with Gasteiger partial charge in [-0.05, 0) is 34.6 Å². The van der Waals surface area contributed by atoms with Gasteiger partial charge in [0, 0.05) is 36.6 Å². The lowest BCUT2D eigenvalue weighted by Crippen LogP contribution is -2.78. The minimum Gasteiger partial charge on any atom is -0.366 e. The van der Waals surface area contributed by atoms with Crippen molar-refractivity contribution in [2.24, 2.45) is 28.9 Å². The van der Waals surface area contributed by atoms with Gasteiger partial charge in [-0.3, -0.25) is 49.9 Å². The van der Waals surface area contributed by atoms with Crippen LogP contribution in [0, 0.1) is 0 Å². The fourth-order valence-electron chi connectivity index (χ4n) is 4.58. The minimum atomic E-state index is -2.68. The predicted octanol–water partition coefficient (Wildman–Crippen LogP) is -6.99. The number of Topliss-reactive ketones (excluding diaryl/α,β-unsaturated/α-hetero) is 1. The van der Waals surface area contributed by atoms with E-state index in [4.69, 9.17) is 28.9 Å². The molecule has 0 aromatic carbocycles. The van der Waals surface area contributed by atoms with E-state index in [1.54, 1.807) is 0 Å². The molecule has 0 radical (unpaired) electrons. The molecule has 0 bridgehead atoms. The summed E-state index contributed by atoms with van der Waals surface area (Å²) in [6.07, 6.45) is 5.22. The lowest BCUT2D eigenvalue weighted by Gasteiger charge is -2.39. The Hall–Kier alpha value is -5.82. The van der Waals surface area contributed by atoms with Gasteiger partial charge in [0.05, 0.1) is 18.7 Å². The average molecular weight is 749 g/mol. The van der Waals surface area contributed by atoms with Crippen LogP contribution in [0.15, 0.2) is 25.0 Å². The van der Waals surface area contributed by atoms with E-state index in [1.807, 2.05) is 0 Å². The Kier molecular flexibility index (Phi) is 15.7. The number of hydrogen-bond acceptors (Lipinski definition) is 15. The van der Waals surface area contributed by atoms with Crippen molar-refractivity contribution < 1.29 is 38.4 Å². The number of carbonyl (C=O) groups is 8. The van der Waals surface area contributed by atoms with Crippen molar-refractivity contribution in [2.45, 2.75) is 95.4 Å². The molecule has 2 rings (SSSR count). The largest absolute Gasteiger partial charge is 0.366 e. The van der Waals surface area contributed by atoms with Crippen LogP contribution in [0.4, 0.5) is 0 Å². The molecule has 18 N–H and O–H groups in total. The SMILES string of the molecule is CC(=O)C(N)[C@@](N)(C(N)=O)N(N)C(=O)[C@H](Cc1cnc[nH]1)NC(=O)[C@H](C)NC(=O)[C@H](C)NC(=O)[C@H](C)NC(=O)[C@H](Cc1cnc[nH]1)NC(=O)[C@H](C)NN. The molecule has 2 heterocycles. The number of hydrazine groups is 2. The van der Waals surface area contributed by atoms with Crippen LogP contribution in [0.25, 0.3) is 0 Å². The first-order chi connectivity index (χ1) is 24.7. The summed E-state index contributed by atoms with van der Waals surface area (Å²) < 4.78 is 0. The molecule has 2 aromatic rings. The van der Waals surface area contributed by atoms with Crippen molar-refractivity contribution in [2.75, 3.05) is 0 Å². The second kappa shape index (κ2) is 19.1. The number of H-pyrrole nitrogens is 2. The quantitative estimate of drug-likeness (QED) is 0.0259. The molecule has 0 aliphatic carbocycles. The maximum absolute atomic E-state index is 13.5. The van der Waals surface area contributed by atoms with Gasteiger partial charge in [-0.2, -0.15) is 0 Å². The van der Waals surface area contributed by atoms with Crippen LogP contribution in [-0.4, -0.2) is 120 Å². The number of carbonyl (C=O) groups excluding carboxylic acids is 8. The number of aromatic amines is 2. The average Bonchev–Trinajstić information content (AvgIpc) is 3.83. The summed E-state index contributed by atoms with van der Waals surface area (Å²) in [6.45, 7) is 6.43. The Morgan fingerprint density at radius 3 is 1.51 bits per heavy atom. The first-order valence-corrected chi connectivity index (χ1v) is 16.1. The van der Waals surface area contributed by atoms with Gasteiger partial charge in [0.25, 0.3) is 11.8 Å². The molecule has 24 nitrogen and oxygen atoms in total. The van der Waals surface area contributed by atoms with Crippen LogP contribution in [0.1, 0.15) is 46.0 Å². The Morgan fingerprint density at radius 1 is 0.717 bits per heavy atom. The Bertz CT molecular complexity index is 1620. The molecule has 0 saturated heterocycles. The summed E-state index contributed by atoms with van der Waals surface area (Å²) >= 11 is 0. The van der Waals surface area contributed by atoms with Crippen LogP contribution < -0.4 is 60.9 Å². The monoisotopic (exact) mass is 748 g/mol. The summed E-state index contributed by atoms with van der Waals surface area (Å²) in [5.41, 5.74) is 17.6. The highest BCUT2D eigenvalue weighted by Crippen LogP contribution is 2.13. The van der Waals surface area contributed by atoms with Crippen molar-refractivity contribution >= 4 is 47.1 Å². The van der Waals surface area contributed by atoms with Crippen molar-refractivity contribution in [1.29, 1.82) is 0 Å². The fourth-order valence-corrected chi connectivity index (χ4v) is 4.58. The highest BCUT2D eigenvalue weighted by atomic mass is 16.2. The molecule has 53 heavy (non-hydrogen) atoms. The van der Waals surface area contributed by atoms with E-state index < -0.39 is 95.1 Å². The second-order valence-corrected chi connectivity index (χ2v) is 12.2. The molecule has 7 amide bonds. The van der Waals surface area contributed by atoms with E-state index in [0.717, 1.165) is 6.92 Å². The number of amides is 7. The molecule has 8 atom stereocenters. The topological polar surface area (TPSA) is 399 Å². The third kappa shape index (κ3) is 11.6. The summed E-state index contributed by atoms with van der Waals surface area (Å²) in [5.74, 6) is 4.02. The standard InChI is InChI=1S/C29H48N16O8/c1-12(39-23(48)13(2)41-26(51)19(6-17-8-35-10-37-17)42-25(50)15(4)44-33)22(47)40-14(3)24(49)43-20(7-18-9-36-11-38-18)27(52)45(34)29(32,28(31)53)21(30)16(5)46/h8-15,19-21,44H,6-7,30,32-34H2,1-5H3,(H2,31,53)(H,35,37)(H,36,38)(H,39,48)(H,40,47)(H,41,51)(H,42,50)(H,43,49)/t12-,13-,14-,15-,19-,20-,21?,29-/m0/s1. The summed E-state index contributed by atoms with van der Waals surface area (Å²) in [5, 5.41) is 12.4. The fraction of sp³-hybridized carbons (Fsp3) is 0.517. The number of imidazole rings is 2. The number of ketones is 1. The van der Waals surface area contributed by atoms with Gasteiger partial charge in [-0.1, -0.05) is 0 Å². The predicted molar refractivity (Wildman–Crippen MR) is 184 cm³/mol. The molecular weight excluding hydrogens is 700 g/mol. The number of nitrogens with one attached hydrogen (secondary N) is 8. The molecule has 0 saturated carbocycles. The van der Waals surface area contributed by atoms with Gasteiger partial charge in [0.15, 0.2) is 5.78 Å². The van der Waals surface area contributed by atoms with Crippen LogP contribution in [0.5, 0.6) is 0 Å². The molecule has 0 aliphatic rings. The van der Waals surface area contributed by atoms with Gasteiger partial charge in [-0.15, -0.1) is 0 Å². The lowest BCUT2D eigenvalue weighted by atomic mass is 9.95. The number of primary amides is 1. The smallest absolute Gasteiger partial charge is 0.261 e. The minimum absolute atomic E-state index is 0.00378. The zero-order valence-electron chi connectivity index (χ0n) is 29.8. The number of hydrogen-bond donors (Lipinski definition) is 13. The highest BCUT2D eigenvalue weighted by molar-refractivity contribution is 6.00. The number of aromatic nitrogens is 4. The molecule has 0 aliphatic heterocycles. The first-order valence-electron chi connectivity index (χ1n) is 16.1. The summed E-state index contributed by atoms with van der Waals surface area (Å²) in [6, 6.07) is -9.09. The van der Waals surface area contributed by atoms with Crippen molar-refractivity contribution in [3.8, 4) is 0 Å². The number of rotatable bonds is 20. The van der Waals surface area contributed by atoms with E-state index in [2.05, 4.69) is 51.9 Å². The van der Waals surface area contributed by atoms with E-state index in [1.165, 1.54) is 52.7 Å². The van der Waals surface area contributed by atoms with E-state index in [0.29, 0.717) is 11.4 Å². The van der Waals surface area contributed by atoms with Crippen LogP contribution >= 0.6 is 0 Å². The van der Waals surface area contributed by atoms with E-state index in [-0.39, 0.29) is 17.9 Å². The van der Waals surface area contributed by atoms with Crippen molar-refractivity contribution in [3.05, 3.63) is 36.4 Å². The molecule has 0 spiro atoms. The third-order valence-electron chi connectivity index (χ3n) is 8.05.